The van der Waals surface area contributed by atoms with Gasteiger partial charge in [-0.05, 0) is 23.7 Å². The van der Waals surface area contributed by atoms with Gasteiger partial charge in [0.25, 0.3) is 0 Å². The quantitative estimate of drug-likeness (QED) is 0.514. The molecule has 0 bridgehead atoms. The van der Waals surface area contributed by atoms with Crippen LogP contribution in [0, 0.1) is 17.3 Å². The predicted octanol–water partition coefficient (Wildman–Crippen LogP) is 3.04. The van der Waals surface area contributed by atoms with Gasteiger partial charge in [-0.25, -0.2) is 4.79 Å². The maximum atomic E-state index is 13.3. The Balaban J connectivity index is 2.17. The number of likely N-dealkylation sites (tertiary alicyclic amines) is 1. The number of rotatable bonds is 7. The number of ketones is 1. The SMILES string of the molecule is CC1CC(C=O)N(C(=O)C(NC(=O)NC(C(=O)c2ccccc2)C(C)C)C(C)(C)C)C1. The Labute approximate surface area is 185 Å². The summed E-state index contributed by atoms with van der Waals surface area (Å²) in [6.45, 7) is 11.8. The molecule has 7 heteroatoms. The lowest BCUT2D eigenvalue weighted by Crippen LogP contribution is -2.59. The molecule has 4 atom stereocenters. The monoisotopic (exact) mass is 429 g/mol. The van der Waals surface area contributed by atoms with E-state index in [4.69, 9.17) is 0 Å². The molecule has 1 saturated heterocycles. The van der Waals surface area contributed by atoms with E-state index < -0.39 is 29.6 Å². The first kappa shape index (κ1) is 24.6. The molecule has 2 N–H and O–H groups in total. The maximum absolute atomic E-state index is 13.3. The maximum Gasteiger partial charge on any atom is 0.316 e. The van der Waals surface area contributed by atoms with E-state index in [2.05, 4.69) is 10.6 Å². The molecule has 1 aromatic rings. The summed E-state index contributed by atoms with van der Waals surface area (Å²) in [5.41, 5.74) is -0.0606. The molecular weight excluding hydrogens is 394 g/mol. The lowest BCUT2D eigenvalue weighted by Gasteiger charge is -2.35. The van der Waals surface area contributed by atoms with Crippen LogP contribution in [0.3, 0.4) is 0 Å². The number of nitrogens with zero attached hydrogens (tertiary/aromatic N) is 1. The van der Waals surface area contributed by atoms with Crippen LogP contribution < -0.4 is 10.6 Å². The molecule has 31 heavy (non-hydrogen) atoms. The Morgan fingerprint density at radius 2 is 1.71 bits per heavy atom. The lowest BCUT2D eigenvalue weighted by molar-refractivity contribution is -0.138. The summed E-state index contributed by atoms with van der Waals surface area (Å²) in [6, 6.07) is 6.20. The molecule has 1 heterocycles. The summed E-state index contributed by atoms with van der Waals surface area (Å²) in [5.74, 6) is -0.373. The predicted molar refractivity (Wildman–Crippen MR) is 120 cm³/mol. The third kappa shape index (κ3) is 6.15. The number of Topliss-reactive ketones (excluding diaryl/α,β-unsaturated/α-hetero) is 1. The van der Waals surface area contributed by atoms with Crippen LogP contribution in [0.15, 0.2) is 30.3 Å². The molecule has 1 aliphatic heterocycles. The van der Waals surface area contributed by atoms with Gasteiger partial charge < -0.3 is 20.3 Å². The molecular formula is C24H35N3O4. The van der Waals surface area contributed by atoms with Crippen molar-refractivity contribution in [3.63, 3.8) is 0 Å². The zero-order valence-electron chi connectivity index (χ0n) is 19.3. The van der Waals surface area contributed by atoms with Crippen molar-refractivity contribution < 1.29 is 19.2 Å². The summed E-state index contributed by atoms with van der Waals surface area (Å²) >= 11 is 0. The normalized spacial score (nSPS) is 20.8. The Morgan fingerprint density at radius 1 is 1.10 bits per heavy atom. The van der Waals surface area contributed by atoms with E-state index in [9.17, 15) is 19.2 Å². The van der Waals surface area contributed by atoms with Gasteiger partial charge in [-0.3, -0.25) is 9.59 Å². The van der Waals surface area contributed by atoms with Crippen molar-refractivity contribution in [2.75, 3.05) is 6.54 Å². The highest BCUT2D eigenvalue weighted by atomic mass is 16.2. The van der Waals surface area contributed by atoms with Crippen molar-refractivity contribution in [1.82, 2.24) is 15.5 Å². The first-order valence-electron chi connectivity index (χ1n) is 10.9. The molecule has 4 unspecified atom stereocenters. The standard InChI is InChI=1S/C24H35N3O4/c1-15(2)19(20(29)17-10-8-7-9-11-17)25-23(31)26-21(24(4,5)6)22(30)27-13-16(3)12-18(27)14-28/h7-11,14-16,18-19,21H,12-13H2,1-6H3,(H2,25,26,31). The zero-order chi connectivity index (χ0) is 23.3. The van der Waals surface area contributed by atoms with Gasteiger partial charge in [-0.15, -0.1) is 0 Å². The Hall–Kier alpha value is -2.70. The van der Waals surface area contributed by atoms with E-state index in [1.807, 2.05) is 47.6 Å². The van der Waals surface area contributed by atoms with Crippen LogP contribution in [0.2, 0.25) is 0 Å². The van der Waals surface area contributed by atoms with Gasteiger partial charge in [0, 0.05) is 12.1 Å². The van der Waals surface area contributed by atoms with Crippen LogP contribution in [-0.2, 0) is 9.59 Å². The number of carbonyl (C=O) groups excluding carboxylic acids is 4. The van der Waals surface area contributed by atoms with Crippen molar-refractivity contribution in [2.24, 2.45) is 17.3 Å². The first-order valence-corrected chi connectivity index (χ1v) is 10.9. The smallest absolute Gasteiger partial charge is 0.316 e. The Morgan fingerprint density at radius 3 is 2.23 bits per heavy atom. The fourth-order valence-electron chi connectivity index (χ4n) is 3.91. The third-order valence-corrected chi connectivity index (χ3v) is 5.68. The van der Waals surface area contributed by atoms with Gasteiger partial charge in [0.05, 0.1) is 12.1 Å². The fraction of sp³-hybridized carbons (Fsp3) is 0.583. The van der Waals surface area contributed by atoms with Crippen LogP contribution in [-0.4, -0.2) is 53.6 Å². The minimum atomic E-state index is -0.833. The molecule has 7 nitrogen and oxygen atoms in total. The fourth-order valence-corrected chi connectivity index (χ4v) is 3.91. The molecule has 0 saturated carbocycles. The van der Waals surface area contributed by atoms with E-state index in [1.54, 1.807) is 29.2 Å². The number of hydrogen-bond acceptors (Lipinski definition) is 4. The van der Waals surface area contributed by atoms with Crippen LogP contribution in [0.4, 0.5) is 4.79 Å². The second kappa shape index (κ2) is 10.1. The van der Waals surface area contributed by atoms with Gasteiger partial charge in [0.1, 0.15) is 12.3 Å². The lowest BCUT2D eigenvalue weighted by atomic mass is 9.85. The summed E-state index contributed by atoms with van der Waals surface area (Å²) in [6.07, 6.45) is 1.42. The molecule has 170 valence electrons. The minimum absolute atomic E-state index is 0.138. The number of amides is 3. The van der Waals surface area contributed by atoms with Crippen molar-refractivity contribution >= 4 is 24.0 Å². The molecule has 1 aromatic carbocycles. The van der Waals surface area contributed by atoms with Crippen LogP contribution in [0.1, 0.15) is 58.3 Å². The van der Waals surface area contributed by atoms with E-state index in [-0.39, 0.29) is 23.5 Å². The molecule has 0 aromatic heterocycles. The largest absolute Gasteiger partial charge is 0.331 e. The minimum Gasteiger partial charge on any atom is -0.331 e. The van der Waals surface area contributed by atoms with Gasteiger partial charge in [0.2, 0.25) is 5.91 Å². The molecule has 1 fully saturated rings. The summed E-state index contributed by atoms with van der Waals surface area (Å²) in [7, 11) is 0. The van der Waals surface area contributed by atoms with Gasteiger partial charge in [0.15, 0.2) is 5.78 Å². The van der Waals surface area contributed by atoms with Crippen molar-refractivity contribution in [2.45, 2.75) is 66.1 Å². The number of hydrogen-bond donors (Lipinski definition) is 2. The summed E-state index contributed by atoms with van der Waals surface area (Å²) in [4.78, 5) is 52.1. The van der Waals surface area contributed by atoms with Crippen molar-refractivity contribution in [1.29, 1.82) is 0 Å². The highest BCUT2D eigenvalue weighted by molar-refractivity contribution is 6.02. The first-order chi connectivity index (χ1) is 14.5. The average molecular weight is 430 g/mol. The second-order valence-corrected chi connectivity index (χ2v) is 9.90. The third-order valence-electron chi connectivity index (χ3n) is 5.68. The van der Waals surface area contributed by atoms with Crippen LogP contribution in [0.5, 0.6) is 0 Å². The number of aldehydes is 1. The van der Waals surface area contributed by atoms with Crippen LogP contribution in [0.25, 0.3) is 0 Å². The van der Waals surface area contributed by atoms with Crippen molar-refractivity contribution in [3.05, 3.63) is 35.9 Å². The molecule has 3 amide bonds. The van der Waals surface area contributed by atoms with E-state index >= 15 is 0 Å². The second-order valence-electron chi connectivity index (χ2n) is 9.90. The number of carbonyl (C=O) groups is 4. The molecule has 0 radical (unpaired) electrons. The Kier molecular flexibility index (Phi) is 7.98. The van der Waals surface area contributed by atoms with Crippen molar-refractivity contribution in [3.8, 4) is 0 Å². The van der Waals surface area contributed by atoms with E-state index in [0.717, 1.165) is 6.29 Å². The highest BCUT2D eigenvalue weighted by Gasteiger charge is 2.41. The molecule has 2 rings (SSSR count). The van der Waals surface area contributed by atoms with Gasteiger partial charge >= 0.3 is 6.03 Å². The Bertz CT molecular complexity index is 801. The van der Waals surface area contributed by atoms with Gasteiger partial charge in [-0.1, -0.05) is 71.9 Å². The number of benzene rings is 1. The number of urea groups is 1. The summed E-state index contributed by atoms with van der Waals surface area (Å²) < 4.78 is 0. The molecule has 0 spiro atoms. The number of nitrogens with one attached hydrogen (secondary N) is 2. The highest BCUT2D eigenvalue weighted by Crippen LogP contribution is 2.27. The van der Waals surface area contributed by atoms with E-state index in [0.29, 0.717) is 18.5 Å². The summed E-state index contributed by atoms with van der Waals surface area (Å²) in [5, 5.41) is 5.53. The molecule has 0 aliphatic carbocycles. The topological polar surface area (TPSA) is 95.6 Å². The average Bonchev–Trinajstić information content (AvgIpc) is 3.09. The zero-order valence-corrected chi connectivity index (χ0v) is 19.3. The molecule has 1 aliphatic rings. The van der Waals surface area contributed by atoms with E-state index in [1.165, 1.54) is 0 Å². The van der Waals surface area contributed by atoms with Gasteiger partial charge in [-0.2, -0.15) is 0 Å². The van der Waals surface area contributed by atoms with Crippen LogP contribution >= 0.6 is 0 Å².